The Kier molecular flexibility index (Phi) is 6.22. The van der Waals surface area contributed by atoms with Crippen LogP contribution < -0.4 is 15.6 Å². The Balaban J connectivity index is 1.55. The molecule has 9 heteroatoms. The monoisotopic (exact) mass is 493 g/mol. The number of aromatic nitrogens is 2. The second kappa shape index (κ2) is 9.49. The number of nitrogens with zero attached hydrogens (tertiary/aromatic N) is 2. The summed E-state index contributed by atoms with van der Waals surface area (Å²) in [6, 6.07) is 10.3. The third-order valence-electron chi connectivity index (χ3n) is 6.64. The number of hydrogen-bond acceptors (Lipinski definition) is 4. The van der Waals surface area contributed by atoms with Crippen LogP contribution in [0.15, 0.2) is 65.7 Å². The summed E-state index contributed by atoms with van der Waals surface area (Å²) < 4.78 is 49.1. The highest BCUT2D eigenvalue weighted by molar-refractivity contribution is 5.91. The van der Waals surface area contributed by atoms with Crippen LogP contribution in [0, 0.1) is 30.3 Å². The van der Waals surface area contributed by atoms with Crippen LogP contribution in [0.1, 0.15) is 36.6 Å². The van der Waals surface area contributed by atoms with Crippen molar-refractivity contribution in [3.8, 4) is 11.4 Å². The van der Waals surface area contributed by atoms with E-state index in [1.165, 1.54) is 35.2 Å². The molecule has 1 atom stereocenters. The lowest BCUT2D eigenvalue weighted by atomic mass is 9.77. The van der Waals surface area contributed by atoms with Crippen LogP contribution in [0.25, 0.3) is 16.5 Å². The number of nitrogens with one attached hydrogen (secondary N) is 1. The zero-order valence-electron chi connectivity index (χ0n) is 19.3. The lowest BCUT2D eigenvalue weighted by Gasteiger charge is -2.34. The van der Waals surface area contributed by atoms with Crippen molar-refractivity contribution in [3.63, 3.8) is 0 Å². The first-order chi connectivity index (χ1) is 17.3. The molecule has 2 heterocycles. The fraction of sp³-hybridized carbons (Fsp3) is 0.222. The maximum Gasteiger partial charge on any atom is 0.413 e. The summed E-state index contributed by atoms with van der Waals surface area (Å²) in [4.78, 5) is 30.4. The van der Waals surface area contributed by atoms with Crippen molar-refractivity contribution in [2.75, 3.05) is 0 Å². The van der Waals surface area contributed by atoms with Crippen LogP contribution >= 0.6 is 0 Å². The Labute approximate surface area is 204 Å². The van der Waals surface area contributed by atoms with Gasteiger partial charge in [0, 0.05) is 11.6 Å². The molecule has 0 spiro atoms. The number of rotatable bonds is 5. The van der Waals surface area contributed by atoms with Crippen LogP contribution in [-0.2, 0) is 0 Å². The molecular weight excluding hydrogens is 471 g/mol. The van der Waals surface area contributed by atoms with Crippen molar-refractivity contribution in [1.82, 2.24) is 14.9 Å². The number of carbonyl (C=O) groups excluding carboxylic acids is 1. The maximum absolute atomic E-state index is 14.8. The van der Waals surface area contributed by atoms with E-state index >= 15 is 0 Å². The largest absolute Gasteiger partial charge is 0.413 e. The molecule has 4 aromatic rings. The van der Waals surface area contributed by atoms with Gasteiger partial charge in [0.2, 0.25) is 0 Å². The van der Waals surface area contributed by atoms with Gasteiger partial charge >= 0.3 is 6.09 Å². The predicted molar refractivity (Wildman–Crippen MR) is 128 cm³/mol. The van der Waals surface area contributed by atoms with Gasteiger partial charge in [-0.3, -0.25) is 14.3 Å². The Bertz CT molecular complexity index is 1520. The summed E-state index contributed by atoms with van der Waals surface area (Å²) in [5.74, 6) is -2.71. The second-order valence-electron chi connectivity index (χ2n) is 8.80. The first kappa shape index (κ1) is 23.6. The number of fused-ring (bicyclic) bond motifs is 1. The summed E-state index contributed by atoms with van der Waals surface area (Å²) >= 11 is 0. The van der Waals surface area contributed by atoms with E-state index in [-0.39, 0.29) is 28.1 Å². The number of ether oxygens (including phenoxy) is 1. The minimum absolute atomic E-state index is 0.00287. The van der Waals surface area contributed by atoms with Gasteiger partial charge in [0.1, 0.15) is 5.82 Å². The zero-order valence-corrected chi connectivity index (χ0v) is 19.3. The average Bonchev–Trinajstić information content (AvgIpc) is 2.82. The lowest BCUT2D eigenvalue weighted by Crippen LogP contribution is -2.38. The molecule has 0 radical (unpaired) electrons. The Hall–Kier alpha value is -4.14. The summed E-state index contributed by atoms with van der Waals surface area (Å²) in [7, 11) is 0. The van der Waals surface area contributed by atoms with Gasteiger partial charge in [0.05, 0.1) is 29.0 Å². The molecule has 0 bridgehead atoms. The normalized spacial score (nSPS) is 14.3. The molecule has 2 aromatic heterocycles. The quantitative estimate of drug-likeness (QED) is 0.385. The van der Waals surface area contributed by atoms with E-state index in [0.717, 1.165) is 37.5 Å². The van der Waals surface area contributed by atoms with E-state index < -0.39 is 35.1 Å². The maximum atomic E-state index is 14.8. The summed E-state index contributed by atoms with van der Waals surface area (Å²) in [5, 5.41) is 2.68. The van der Waals surface area contributed by atoms with E-state index in [1.807, 2.05) is 0 Å². The van der Waals surface area contributed by atoms with Gasteiger partial charge in [-0.1, -0.05) is 24.6 Å². The van der Waals surface area contributed by atoms with Crippen molar-refractivity contribution in [1.29, 1.82) is 0 Å². The molecule has 1 N–H and O–H groups in total. The fourth-order valence-corrected chi connectivity index (χ4v) is 4.62. The third kappa shape index (κ3) is 4.21. The number of pyridine rings is 2. The van der Waals surface area contributed by atoms with Crippen molar-refractivity contribution >= 4 is 16.9 Å². The number of carbonyl (C=O) groups is 1. The molecule has 0 aliphatic heterocycles. The van der Waals surface area contributed by atoms with Gasteiger partial charge in [-0.15, -0.1) is 0 Å². The van der Waals surface area contributed by atoms with Crippen LogP contribution in [0.3, 0.4) is 0 Å². The second-order valence-corrected chi connectivity index (χ2v) is 8.80. The van der Waals surface area contributed by atoms with Gasteiger partial charge in [-0.2, -0.15) is 0 Å². The zero-order chi connectivity index (χ0) is 25.4. The van der Waals surface area contributed by atoms with Gasteiger partial charge in [0.15, 0.2) is 17.4 Å². The Morgan fingerprint density at radius 1 is 1.08 bits per heavy atom. The van der Waals surface area contributed by atoms with Gasteiger partial charge in [-0.25, -0.2) is 18.0 Å². The molecule has 5 rings (SSSR count). The highest BCUT2D eigenvalue weighted by Gasteiger charge is 2.31. The molecule has 1 aliphatic carbocycles. The first-order valence-corrected chi connectivity index (χ1v) is 11.5. The smallest absolute Gasteiger partial charge is 0.408 e. The summed E-state index contributed by atoms with van der Waals surface area (Å²) in [6.45, 7) is 1.58. The summed E-state index contributed by atoms with van der Waals surface area (Å²) in [6.07, 6.45) is 4.70. The minimum Gasteiger partial charge on any atom is -0.408 e. The van der Waals surface area contributed by atoms with E-state index in [0.29, 0.717) is 11.3 Å². The van der Waals surface area contributed by atoms with Gasteiger partial charge < -0.3 is 10.1 Å². The van der Waals surface area contributed by atoms with Crippen LogP contribution in [-0.4, -0.2) is 15.6 Å². The molecule has 184 valence electrons. The Morgan fingerprint density at radius 2 is 1.89 bits per heavy atom. The van der Waals surface area contributed by atoms with Crippen molar-refractivity contribution in [3.05, 3.63) is 100.0 Å². The van der Waals surface area contributed by atoms with Gasteiger partial charge in [-0.05, 0) is 61.6 Å². The molecule has 1 aliphatic rings. The molecule has 0 unspecified atom stereocenters. The van der Waals surface area contributed by atoms with Crippen molar-refractivity contribution in [2.24, 2.45) is 5.92 Å². The van der Waals surface area contributed by atoms with E-state index in [9.17, 15) is 22.8 Å². The average molecular weight is 493 g/mol. The SMILES string of the molecule is Cc1c(OC(=O)N[C@H](c2ccc(F)c(F)c2)C2CCC2)c2cccc(F)c2c(=O)n1-c1cccnc1. The van der Waals surface area contributed by atoms with Crippen LogP contribution in [0.4, 0.5) is 18.0 Å². The number of halogens is 3. The molecule has 0 saturated heterocycles. The van der Waals surface area contributed by atoms with E-state index in [1.54, 1.807) is 19.1 Å². The molecule has 6 nitrogen and oxygen atoms in total. The Morgan fingerprint density at radius 3 is 2.56 bits per heavy atom. The highest BCUT2D eigenvalue weighted by atomic mass is 19.2. The van der Waals surface area contributed by atoms with Gasteiger partial charge in [0.25, 0.3) is 5.56 Å². The van der Waals surface area contributed by atoms with E-state index in [4.69, 9.17) is 4.74 Å². The predicted octanol–water partition coefficient (Wildman–Crippen LogP) is 5.74. The first-order valence-electron chi connectivity index (χ1n) is 11.5. The van der Waals surface area contributed by atoms with Crippen LogP contribution in [0.2, 0.25) is 0 Å². The van der Waals surface area contributed by atoms with E-state index in [2.05, 4.69) is 10.3 Å². The molecule has 1 fully saturated rings. The van der Waals surface area contributed by atoms with Crippen molar-refractivity contribution in [2.45, 2.75) is 32.2 Å². The molecule has 36 heavy (non-hydrogen) atoms. The fourth-order valence-electron chi connectivity index (χ4n) is 4.62. The molecule has 1 amide bonds. The summed E-state index contributed by atoms with van der Waals surface area (Å²) in [5.41, 5.74) is 0.456. The standard InChI is InChI=1S/C27H22F3N3O3/c1-15-25(19-8-3-9-21(29)23(19)26(34)33(15)18-7-4-12-31-14-18)36-27(35)32-24(16-5-2-6-16)17-10-11-20(28)22(30)13-17/h3-4,7-14,16,24H,2,5-6H2,1H3,(H,32,35)/t24-/m0/s1. The minimum atomic E-state index is -1.01. The topological polar surface area (TPSA) is 73.2 Å². The number of benzene rings is 2. The lowest BCUT2D eigenvalue weighted by molar-refractivity contribution is 0.176. The number of amides is 1. The third-order valence-corrected chi connectivity index (χ3v) is 6.64. The molecule has 2 aromatic carbocycles. The van der Waals surface area contributed by atoms with Crippen LogP contribution in [0.5, 0.6) is 5.75 Å². The van der Waals surface area contributed by atoms with Crippen molar-refractivity contribution < 1.29 is 22.7 Å². The number of hydrogen-bond donors (Lipinski definition) is 1. The molecular formula is C27H22F3N3O3. The highest BCUT2D eigenvalue weighted by Crippen LogP contribution is 2.38. The molecule has 1 saturated carbocycles.